The molecule has 0 saturated heterocycles. The van der Waals surface area contributed by atoms with Crippen LogP contribution >= 0.6 is 0 Å². The van der Waals surface area contributed by atoms with Crippen LogP contribution in [0.2, 0.25) is 0 Å². The molecule has 0 radical (unpaired) electrons. The highest BCUT2D eigenvalue weighted by molar-refractivity contribution is 6.09. The Morgan fingerprint density at radius 2 is 1.00 bits per heavy atom. The molecule has 0 atom stereocenters. The SMILES string of the molecule is CC1(C)c2ccccc2-c2cccc(-c3cccc(N(c4ccc5c(c4)C4(CCCCC4)c4ccccc4-5)c4ccccc4-c4ccc5c(ccc6ccccc65)c4)c3)c21. The summed E-state index contributed by atoms with van der Waals surface area (Å²) in [5.41, 5.74) is 19.8. The first-order chi connectivity index (χ1) is 29.5. The van der Waals surface area contributed by atoms with Gasteiger partial charge in [-0.05, 0) is 132 Å². The fourth-order valence-corrected chi connectivity index (χ4v) is 11.7. The molecule has 0 N–H and O–H groups in total. The molecule has 0 bridgehead atoms. The van der Waals surface area contributed by atoms with Gasteiger partial charge in [0.2, 0.25) is 0 Å². The summed E-state index contributed by atoms with van der Waals surface area (Å²) in [4.78, 5) is 2.55. The first kappa shape index (κ1) is 35.3. The quantitative estimate of drug-likeness (QED) is 0.158. The van der Waals surface area contributed by atoms with Crippen molar-refractivity contribution in [2.24, 2.45) is 0 Å². The largest absolute Gasteiger partial charge is 0.310 e. The maximum absolute atomic E-state index is 2.57. The number of hydrogen-bond donors (Lipinski definition) is 0. The minimum Gasteiger partial charge on any atom is -0.310 e. The zero-order valence-electron chi connectivity index (χ0n) is 34.4. The monoisotopic (exact) mass is 769 g/mol. The fourth-order valence-electron chi connectivity index (χ4n) is 11.7. The normalized spacial score (nSPS) is 15.4. The molecule has 0 aliphatic heterocycles. The molecule has 9 aromatic carbocycles. The van der Waals surface area contributed by atoms with Crippen LogP contribution in [-0.4, -0.2) is 0 Å². The highest BCUT2D eigenvalue weighted by atomic mass is 15.1. The lowest BCUT2D eigenvalue weighted by Crippen LogP contribution is -2.28. The molecule has 1 fully saturated rings. The molecule has 9 aromatic rings. The molecular weight excluding hydrogens is 723 g/mol. The zero-order valence-corrected chi connectivity index (χ0v) is 34.4. The predicted molar refractivity (Wildman–Crippen MR) is 254 cm³/mol. The van der Waals surface area contributed by atoms with Crippen LogP contribution in [0.5, 0.6) is 0 Å². The summed E-state index contributed by atoms with van der Waals surface area (Å²) < 4.78 is 0. The van der Waals surface area contributed by atoms with Crippen LogP contribution in [0.3, 0.4) is 0 Å². The van der Waals surface area contributed by atoms with E-state index in [9.17, 15) is 0 Å². The van der Waals surface area contributed by atoms with Crippen LogP contribution in [0.15, 0.2) is 188 Å². The third-order valence-corrected chi connectivity index (χ3v) is 14.4. The predicted octanol–water partition coefficient (Wildman–Crippen LogP) is 16.3. The van der Waals surface area contributed by atoms with E-state index in [0.29, 0.717) is 0 Å². The van der Waals surface area contributed by atoms with Crippen molar-refractivity contribution in [2.75, 3.05) is 4.90 Å². The number of anilines is 3. The Bertz CT molecular complexity index is 3180. The van der Waals surface area contributed by atoms with Gasteiger partial charge in [0.25, 0.3) is 0 Å². The standard InChI is InChI=1S/C59H47N/c1-58(2)53-25-9-6-22-50(53)52-24-15-23-48(57(52)58)40-17-14-18-43(37-40)60(44-31-33-51-49-21-7-10-26-54(49)59(55(51)38-44)34-12-3-13-35-59)56-27-11-8-20-47(56)42-30-32-46-41(36-42)29-28-39-16-4-5-19-45(39)46/h4-11,14-33,36-38H,3,12-13,34-35H2,1-2H3. The Kier molecular flexibility index (Phi) is 7.88. The number of rotatable bonds is 5. The summed E-state index contributed by atoms with van der Waals surface area (Å²) in [6.07, 6.45) is 6.26. The lowest BCUT2D eigenvalue weighted by Gasteiger charge is -2.37. The Labute approximate surface area is 353 Å². The Hall–Kier alpha value is -6.70. The molecule has 0 unspecified atom stereocenters. The highest BCUT2D eigenvalue weighted by Gasteiger charge is 2.44. The summed E-state index contributed by atoms with van der Waals surface area (Å²) in [6, 6.07) is 71.2. The highest BCUT2D eigenvalue weighted by Crippen LogP contribution is 2.58. The van der Waals surface area contributed by atoms with E-state index < -0.39 is 0 Å². The number of nitrogens with zero attached hydrogens (tertiary/aromatic N) is 1. The third kappa shape index (κ3) is 5.18. The number of hydrogen-bond acceptors (Lipinski definition) is 1. The van der Waals surface area contributed by atoms with Crippen LogP contribution in [0.25, 0.3) is 66.1 Å². The second-order valence-corrected chi connectivity index (χ2v) is 17.9. The van der Waals surface area contributed by atoms with Gasteiger partial charge < -0.3 is 4.90 Å². The van der Waals surface area contributed by atoms with Gasteiger partial charge >= 0.3 is 0 Å². The van der Waals surface area contributed by atoms with Gasteiger partial charge in [-0.25, -0.2) is 0 Å². The zero-order chi connectivity index (χ0) is 40.0. The van der Waals surface area contributed by atoms with Crippen molar-refractivity contribution in [3.63, 3.8) is 0 Å². The summed E-state index contributed by atoms with van der Waals surface area (Å²) in [5, 5.41) is 5.11. The van der Waals surface area contributed by atoms with Crippen molar-refractivity contribution in [1.29, 1.82) is 0 Å². The lowest BCUT2D eigenvalue weighted by molar-refractivity contribution is 0.353. The minimum atomic E-state index is -0.116. The molecule has 3 aliphatic rings. The minimum absolute atomic E-state index is 0.0551. The number of benzene rings is 9. The molecule has 1 nitrogen and oxygen atoms in total. The van der Waals surface area contributed by atoms with Crippen LogP contribution < -0.4 is 4.90 Å². The molecule has 60 heavy (non-hydrogen) atoms. The van der Waals surface area contributed by atoms with Crippen LogP contribution in [0.1, 0.15) is 68.2 Å². The number of para-hydroxylation sites is 1. The average Bonchev–Trinajstić information content (AvgIpc) is 3.70. The molecule has 288 valence electrons. The second kappa shape index (κ2) is 13.4. The van der Waals surface area contributed by atoms with Crippen molar-refractivity contribution >= 4 is 38.6 Å². The van der Waals surface area contributed by atoms with E-state index in [1.807, 2.05) is 0 Å². The molecule has 12 rings (SSSR count). The third-order valence-electron chi connectivity index (χ3n) is 14.4. The van der Waals surface area contributed by atoms with Gasteiger partial charge in [-0.1, -0.05) is 185 Å². The van der Waals surface area contributed by atoms with Gasteiger partial charge in [0, 0.05) is 27.8 Å². The summed E-state index contributed by atoms with van der Waals surface area (Å²) in [5.74, 6) is 0. The Morgan fingerprint density at radius 1 is 0.383 bits per heavy atom. The molecule has 0 heterocycles. The van der Waals surface area contributed by atoms with Crippen LogP contribution in [-0.2, 0) is 10.8 Å². The summed E-state index contributed by atoms with van der Waals surface area (Å²) >= 11 is 0. The van der Waals surface area contributed by atoms with Crippen LogP contribution in [0.4, 0.5) is 17.1 Å². The van der Waals surface area contributed by atoms with Crippen LogP contribution in [0, 0.1) is 0 Å². The fraction of sp³-hybridized carbons (Fsp3) is 0.153. The van der Waals surface area contributed by atoms with E-state index in [2.05, 4.69) is 207 Å². The maximum atomic E-state index is 2.57. The van der Waals surface area contributed by atoms with E-state index in [0.717, 1.165) is 5.69 Å². The first-order valence-corrected chi connectivity index (χ1v) is 21.9. The average molecular weight is 770 g/mol. The molecular formula is C59H47N. The van der Waals surface area contributed by atoms with E-state index >= 15 is 0 Å². The molecule has 1 heteroatoms. The maximum Gasteiger partial charge on any atom is 0.0540 e. The molecule has 1 spiro atoms. The first-order valence-electron chi connectivity index (χ1n) is 21.9. The van der Waals surface area contributed by atoms with Gasteiger partial charge in [-0.3, -0.25) is 0 Å². The smallest absolute Gasteiger partial charge is 0.0540 e. The molecule has 0 amide bonds. The van der Waals surface area contributed by atoms with Gasteiger partial charge in [0.15, 0.2) is 0 Å². The van der Waals surface area contributed by atoms with Crippen molar-refractivity contribution in [2.45, 2.75) is 56.8 Å². The van der Waals surface area contributed by atoms with E-state index in [4.69, 9.17) is 0 Å². The molecule has 0 aromatic heterocycles. The van der Waals surface area contributed by atoms with Gasteiger partial charge in [0.05, 0.1) is 5.69 Å². The second-order valence-electron chi connectivity index (χ2n) is 17.9. The summed E-state index contributed by atoms with van der Waals surface area (Å²) in [7, 11) is 0. The van der Waals surface area contributed by atoms with Crippen molar-refractivity contribution in [3.8, 4) is 44.5 Å². The van der Waals surface area contributed by atoms with Crippen molar-refractivity contribution in [1.82, 2.24) is 0 Å². The van der Waals surface area contributed by atoms with Crippen molar-refractivity contribution in [3.05, 3.63) is 210 Å². The van der Waals surface area contributed by atoms with E-state index in [-0.39, 0.29) is 10.8 Å². The Morgan fingerprint density at radius 3 is 1.87 bits per heavy atom. The van der Waals surface area contributed by atoms with Crippen molar-refractivity contribution < 1.29 is 0 Å². The summed E-state index contributed by atoms with van der Waals surface area (Å²) in [6.45, 7) is 4.78. The topological polar surface area (TPSA) is 3.24 Å². The molecule has 3 aliphatic carbocycles. The van der Waals surface area contributed by atoms with Gasteiger partial charge in [-0.15, -0.1) is 0 Å². The van der Waals surface area contributed by atoms with Gasteiger partial charge in [0.1, 0.15) is 0 Å². The lowest BCUT2D eigenvalue weighted by atomic mass is 9.68. The van der Waals surface area contributed by atoms with E-state index in [1.54, 1.807) is 0 Å². The molecule has 1 saturated carbocycles. The van der Waals surface area contributed by atoms with Gasteiger partial charge in [-0.2, -0.15) is 0 Å². The Balaban J connectivity index is 1.07. The number of fused-ring (bicyclic) bond motifs is 11. The van der Waals surface area contributed by atoms with E-state index in [1.165, 1.54) is 132 Å².